The maximum atomic E-state index is 4.37. The van der Waals surface area contributed by atoms with E-state index in [1.54, 1.807) is 6.20 Å². The van der Waals surface area contributed by atoms with Crippen molar-refractivity contribution in [3.8, 4) is 5.95 Å². The lowest BCUT2D eigenvalue weighted by Crippen LogP contribution is -1.95. The van der Waals surface area contributed by atoms with Crippen LogP contribution in [0.4, 0.5) is 0 Å². The van der Waals surface area contributed by atoms with Crippen LogP contribution in [0.5, 0.6) is 0 Å². The van der Waals surface area contributed by atoms with Crippen LogP contribution in [0.15, 0.2) is 60.9 Å². The number of H-pyrrole nitrogens is 1. The van der Waals surface area contributed by atoms with Crippen molar-refractivity contribution in [3.63, 3.8) is 0 Å². The van der Waals surface area contributed by atoms with Crippen molar-refractivity contribution in [2.45, 2.75) is 0 Å². The zero-order valence-corrected chi connectivity index (χ0v) is 9.67. The number of hydrogen-bond acceptors (Lipinski definition) is 1. The summed E-state index contributed by atoms with van der Waals surface area (Å²) in [5.41, 5.74) is 2.35. The van der Waals surface area contributed by atoms with E-state index in [4.69, 9.17) is 0 Å². The summed E-state index contributed by atoms with van der Waals surface area (Å²) in [5, 5.41) is 2.51. The molecule has 0 amide bonds. The van der Waals surface area contributed by atoms with E-state index in [1.807, 2.05) is 6.20 Å². The van der Waals surface area contributed by atoms with Crippen molar-refractivity contribution in [2.24, 2.45) is 0 Å². The quantitative estimate of drug-likeness (QED) is 0.536. The van der Waals surface area contributed by atoms with Crippen molar-refractivity contribution in [1.29, 1.82) is 0 Å². The first kappa shape index (κ1) is 9.48. The first-order valence-corrected chi connectivity index (χ1v) is 5.93. The Bertz CT molecular complexity index is 772. The highest BCUT2D eigenvalue weighted by Gasteiger charge is 2.11. The number of nitrogens with zero attached hydrogens (tertiary/aromatic N) is 2. The molecule has 0 unspecified atom stereocenters. The summed E-state index contributed by atoms with van der Waals surface area (Å²) in [7, 11) is 0. The molecule has 2 aromatic heterocycles. The number of rotatable bonds is 1. The molecule has 0 aliphatic rings. The smallest absolute Gasteiger partial charge is 0.212 e. The molecule has 2 aromatic carbocycles. The van der Waals surface area contributed by atoms with Crippen molar-refractivity contribution < 1.29 is 0 Å². The standard InChI is InChI=1S/C15H11N3/c1-3-7-13-11(5-1)12-6-2-4-8-14(12)18(13)15-16-9-10-17-15/h1-10H,(H,16,17). The number of benzene rings is 2. The first-order valence-electron chi connectivity index (χ1n) is 5.93. The van der Waals surface area contributed by atoms with Crippen LogP contribution in [0.1, 0.15) is 0 Å². The van der Waals surface area contributed by atoms with Gasteiger partial charge in [-0.2, -0.15) is 0 Å². The average Bonchev–Trinajstić information content (AvgIpc) is 3.03. The van der Waals surface area contributed by atoms with Crippen molar-refractivity contribution in [3.05, 3.63) is 60.9 Å². The maximum Gasteiger partial charge on any atom is 0.212 e. The van der Waals surface area contributed by atoms with E-state index in [1.165, 1.54) is 21.8 Å². The van der Waals surface area contributed by atoms with Gasteiger partial charge < -0.3 is 4.98 Å². The highest BCUT2D eigenvalue weighted by Crippen LogP contribution is 2.30. The molecule has 0 spiro atoms. The summed E-state index contributed by atoms with van der Waals surface area (Å²) in [6.07, 6.45) is 3.62. The molecule has 3 nitrogen and oxygen atoms in total. The third-order valence-electron chi connectivity index (χ3n) is 3.28. The Hall–Kier alpha value is -2.55. The molecule has 0 atom stereocenters. The van der Waals surface area contributed by atoms with Gasteiger partial charge in [0.1, 0.15) is 0 Å². The van der Waals surface area contributed by atoms with E-state index in [-0.39, 0.29) is 0 Å². The minimum Gasteiger partial charge on any atom is -0.330 e. The molecule has 0 aliphatic heterocycles. The number of nitrogens with one attached hydrogen (secondary N) is 1. The van der Waals surface area contributed by atoms with Gasteiger partial charge in [-0.15, -0.1) is 0 Å². The number of aromatic nitrogens is 3. The second-order valence-electron chi connectivity index (χ2n) is 4.28. The van der Waals surface area contributed by atoms with Gasteiger partial charge >= 0.3 is 0 Å². The van der Waals surface area contributed by atoms with Gasteiger partial charge in [-0.05, 0) is 12.1 Å². The molecular weight excluding hydrogens is 222 g/mol. The summed E-state index contributed by atoms with van der Waals surface area (Å²) < 4.78 is 2.16. The molecule has 0 fully saturated rings. The average molecular weight is 233 g/mol. The van der Waals surface area contributed by atoms with E-state index < -0.39 is 0 Å². The normalized spacial score (nSPS) is 11.3. The second kappa shape index (κ2) is 3.47. The van der Waals surface area contributed by atoms with Gasteiger partial charge in [0.15, 0.2) is 0 Å². The van der Waals surface area contributed by atoms with Crippen LogP contribution >= 0.6 is 0 Å². The Labute approximate surface area is 104 Å². The van der Waals surface area contributed by atoms with E-state index in [0.717, 1.165) is 5.95 Å². The first-order chi connectivity index (χ1) is 8.95. The molecule has 2 heterocycles. The molecule has 0 aliphatic carbocycles. The fourth-order valence-corrected chi connectivity index (χ4v) is 2.53. The van der Waals surface area contributed by atoms with Gasteiger partial charge in [0.25, 0.3) is 0 Å². The largest absolute Gasteiger partial charge is 0.330 e. The lowest BCUT2D eigenvalue weighted by molar-refractivity contribution is 1.04. The van der Waals surface area contributed by atoms with Gasteiger partial charge in [-0.3, -0.25) is 4.57 Å². The minimum atomic E-state index is 0.854. The lowest BCUT2D eigenvalue weighted by Gasteiger charge is -2.02. The van der Waals surface area contributed by atoms with Gasteiger partial charge in [0.05, 0.1) is 11.0 Å². The predicted molar refractivity (Wildman–Crippen MR) is 72.9 cm³/mol. The number of aromatic amines is 1. The summed E-state index contributed by atoms with van der Waals surface area (Å²) in [6, 6.07) is 16.8. The summed E-state index contributed by atoms with van der Waals surface area (Å²) in [4.78, 5) is 7.54. The zero-order chi connectivity index (χ0) is 11.9. The number of imidazole rings is 1. The van der Waals surface area contributed by atoms with E-state index in [2.05, 4.69) is 63.1 Å². The Balaban J connectivity index is 2.28. The zero-order valence-electron chi connectivity index (χ0n) is 9.67. The van der Waals surface area contributed by atoms with Crippen LogP contribution < -0.4 is 0 Å². The van der Waals surface area contributed by atoms with Crippen LogP contribution in [0.2, 0.25) is 0 Å². The molecule has 3 heteroatoms. The molecule has 0 bridgehead atoms. The Morgan fingerprint density at radius 3 is 2.00 bits per heavy atom. The molecule has 0 saturated heterocycles. The van der Waals surface area contributed by atoms with Crippen molar-refractivity contribution >= 4 is 21.8 Å². The van der Waals surface area contributed by atoms with Crippen LogP contribution in [-0.4, -0.2) is 14.5 Å². The van der Waals surface area contributed by atoms with Gasteiger partial charge in [-0.1, -0.05) is 36.4 Å². The Morgan fingerprint density at radius 1 is 0.833 bits per heavy atom. The SMILES string of the molecule is c1ccc2c(c1)c1ccccc1n2-c1ncc[nH]1. The fourth-order valence-electron chi connectivity index (χ4n) is 2.53. The summed E-state index contributed by atoms with van der Waals surface area (Å²) >= 11 is 0. The third-order valence-corrected chi connectivity index (χ3v) is 3.28. The van der Waals surface area contributed by atoms with E-state index in [9.17, 15) is 0 Å². The van der Waals surface area contributed by atoms with Gasteiger partial charge in [0.2, 0.25) is 5.95 Å². The topological polar surface area (TPSA) is 33.6 Å². The molecule has 4 rings (SSSR count). The number of para-hydroxylation sites is 2. The second-order valence-corrected chi connectivity index (χ2v) is 4.28. The third kappa shape index (κ3) is 1.16. The van der Waals surface area contributed by atoms with Gasteiger partial charge in [0, 0.05) is 23.2 Å². The van der Waals surface area contributed by atoms with Crippen LogP contribution in [0.3, 0.4) is 0 Å². The summed E-state index contributed by atoms with van der Waals surface area (Å²) in [6.45, 7) is 0. The van der Waals surface area contributed by atoms with Gasteiger partial charge in [-0.25, -0.2) is 4.98 Å². The molecule has 18 heavy (non-hydrogen) atoms. The van der Waals surface area contributed by atoms with Crippen molar-refractivity contribution in [1.82, 2.24) is 14.5 Å². The highest BCUT2D eigenvalue weighted by atomic mass is 15.2. The van der Waals surface area contributed by atoms with Crippen LogP contribution in [0.25, 0.3) is 27.8 Å². The van der Waals surface area contributed by atoms with E-state index in [0.29, 0.717) is 0 Å². The van der Waals surface area contributed by atoms with Crippen LogP contribution in [0, 0.1) is 0 Å². The maximum absolute atomic E-state index is 4.37. The molecule has 0 saturated carbocycles. The summed E-state index contributed by atoms with van der Waals surface area (Å²) in [5.74, 6) is 0.854. The number of fused-ring (bicyclic) bond motifs is 3. The molecule has 1 N–H and O–H groups in total. The van der Waals surface area contributed by atoms with Crippen LogP contribution in [-0.2, 0) is 0 Å². The van der Waals surface area contributed by atoms with Crippen molar-refractivity contribution in [2.75, 3.05) is 0 Å². The lowest BCUT2D eigenvalue weighted by atomic mass is 10.2. The molecular formula is C15H11N3. The fraction of sp³-hybridized carbons (Fsp3) is 0. The van der Waals surface area contributed by atoms with E-state index >= 15 is 0 Å². The Morgan fingerprint density at radius 2 is 1.44 bits per heavy atom. The predicted octanol–water partition coefficient (Wildman–Crippen LogP) is 3.51. The monoisotopic (exact) mass is 233 g/mol. The minimum absolute atomic E-state index is 0.854. The number of hydrogen-bond donors (Lipinski definition) is 1. The molecule has 4 aromatic rings. The molecule has 86 valence electrons. The highest BCUT2D eigenvalue weighted by molar-refractivity contribution is 6.08. The molecule has 0 radical (unpaired) electrons. The Kier molecular flexibility index (Phi) is 1.83.